The highest BCUT2D eigenvalue weighted by Crippen LogP contribution is 2.25. The van der Waals surface area contributed by atoms with E-state index in [9.17, 15) is 13.2 Å². The summed E-state index contributed by atoms with van der Waals surface area (Å²) in [4.78, 5) is 13.5. The predicted molar refractivity (Wildman–Crippen MR) is 67.8 cm³/mol. The van der Waals surface area contributed by atoms with E-state index >= 15 is 0 Å². The monoisotopic (exact) mass is 307 g/mol. The Morgan fingerprint density at radius 2 is 2.21 bits per heavy atom. The molecule has 0 aromatic carbocycles. The van der Waals surface area contributed by atoms with E-state index in [1.54, 1.807) is 7.05 Å². The molecular weight excluding hydrogens is 294 g/mol. The highest BCUT2D eigenvalue weighted by molar-refractivity contribution is 8.13. The highest BCUT2D eigenvalue weighted by atomic mass is 35.7. The van der Waals surface area contributed by atoms with Gasteiger partial charge in [0.1, 0.15) is 10.7 Å². The largest absolute Gasteiger partial charge is 0.455 e. The topological polar surface area (TPSA) is 76.8 Å². The normalized spacial score (nSPS) is 19.6. The third kappa shape index (κ3) is 2.93. The molecule has 0 aliphatic carbocycles. The maximum atomic E-state index is 12.2. The van der Waals surface area contributed by atoms with Gasteiger partial charge in [0, 0.05) is 30.4 Å². The van der Waals surface area contributed by atoms with Crippen molar-refractivity contribution in [2.75, 3.05) is 20.3 Å². The second-order valence-corrected chi connectivity index (χ2v) is 6.94. The van der Waals surface area contributed by atoms with E-state index in [1.807, 2.05) is 0 Å². The third-order valence-corrected chi connectivity index (χ3v) is 4.55. The summed E-state index contributed by atoms with van der Waals surface area (Å²) in [5.74, 6) is -0.314. The number of hydrogen-bond acceptors (Lipinski definition) is 5. The molecule has 8 heteroatoms. The maximum Gasteiger partial charge on any atom is 0.289 e. The van der Waals surface area contributed by atoms with Crippen LogP contribution >= 0.6 is 10.7 Å². The molecule has 0 N–H and O–H groups in total. The van der Waals surface area contributed by atoms with Crippen LogP contribution in [0.5, 0.6) is 0 Å². The summed E-state index contributed by atoms with van der Waals surface area (Å²) in [6.45, 7) is 2.54. The molecule has 1 fully saturated rings. The number of aryl methyl sites for hydroxylation is 1. The van der Waals surface area contributed by atoms with Gasteiger partial charge < -0.3 is 14.1 Å². The summed E-state index contributed by atoms with van der Waals surface area (Å²) in [5.41, 5.74) is 0. The van der Waals surface area contributed by atoms with E-state index in [-0.39, 0.29) is 28.4 Å². The number of carbonyl (C=O) groups is 1. The van der Waals surface area contributed by atoms with Gasteiger partial charge in [0.05, 0.1) is 12.6 Å². The van der Waals surface area contributed by atoms with Gasteiger partial charge in [0.15, 0.2) is 5.76 Å². The van der Waals surface area contributed by atoms with Crippen molar-refractivity contribution >= 4 is 25.6 Å². The van der Waals surface area contributed by atoms with Crippen molar-refractivity contribution in [3.63, 3.8) is 0 Å². The number of halogens is 1. The van der Waals surface area contributed by atoms with E-state index in [0.29, 0.717) is 13.2 Å². The number of amides is 1. The lowest BCUT2D eigenvalue weighted by molar-refractivity contribution is 0.0678. The minimum absolute atomic E-state index is 0.0195. The number of hydrogen-bond donors (Lipinski definition) is 0. The van der Waals surface area contributed by atoms with Crippen molar-refractivity contribution < 1.29 is 22.4 Å². The number of nitrogens with zero attached hydrogens (tertiary/aromatic N) is 1. The zero-order valence-corrected chi connectivity index (χ0v) is 12.1. The molecule has 2 heterocycles. The molecule has 1 unspecified atom stereocenters. The van der Waals surface area contributed by atoms with Gasteiger partial charge in [-0.15, -0.1) is 0 Å². The molecule has 6 nitrogen and oxygen atoms in total. The van der Waals surface area contributed by atoms with E-state index in [0.717, 1.165) is 12.5 Å². The lowest BCUT2D eigenvalue weighted by Gasteiger charge is -2.21. The van der Waals surface area contributed by atoms with Crippen LogP contribution in [0.25, 0.3) is 0 Å². The quantitative estimate of drug-likeness (QED) is 0.788. The number of ether oxygens (including phenoxy) is 1. The molecule has 1 atom stereocenters. The van der Waals surface area contributed by atoms with E-state index in [2.05, 4.69) is 0 Å². The van der Waals surface area contributed by atoms with Crippen LogP contribution in [0.3, 0.4) is 0 Å². The Balaban J connectivity index is 2.25. The van der Waals surface area contributed by atoms with Gasteiger partial charge in [0.25, 0.3) is 15.0 Å². The summed E-state index contributed by atoms with van der Waals surface area (Å²) < 4.78 is 32.9. The second-order valence-electron chi connectivity index (χ2n) is 4.40. The fraction of sp³-hybridized carbons (Fsp3) is 0.545. The molecule has 1 aliphatic rings. The van der Waals surface area contributed by atoms with Gasteiger partial charge in [-0.3, -0.25) is 4.79 Å². The first-order valence-corrected chi connectivity index (χ1v) is 8.01. The molecule has 1 amide bonds. The van der Waals surface area contributed by atoms with Gasteiger partial charge in [-0.1, -0.05) is 0 Å². The highest BCUT2D eigenvalue weighted by Gasteiger charge is 2.29. The first-order chi connectivity index (χ1) is 8.80. The van der Waals surface area contributed by atoms with Gasteiger partial charge in [-0.25, -0.2) is 8.42 Å². The molecule has 0 spiro atoms. The average molecular weight is 308 g/mol. The molecule has 1 aromatic heterocycles. The van der Waals surface area contributed by atoms with Crippen LogP contribution in [0.1, 0.15) is 22.7 Å². The molecule has 106 valence electrons. The standard InChI is InChI=1S/C11H14ClNO5S/c1-7-10(19(12,15)16)5-9(18-7)11(14)13(2)8-3-4-17-6-8/h5,8H,3-4,6H2,1-2H3. The number of likely N-dealkylation sites (N-methyl/N-ethyl adjacent to an activating group) is 1. The Hall–Kier alpha value is -1.05. The van der Waals surface area contributed by atoms with Gasteiger partial charge >= 0.3 is 0 Å². The summed E-state index contributed by atoms with van der Waals surface area (Å²) in [5, 5.41) is 0. The molecule has 1 aliphatic heterocycles. The third-order valence-electron chi connectivity index (χ3n) is 3.12. The van der Waals surface area contributed by atoms with Gasteiger partial charge in [0.2, 0.25) is 0 Å². The number of rotatable bonds is 3. The molecule has 0 radical (unpaired) electrons. The number of carbonyl (C=O) groups excluding carboxylic acids is 1. The molecular formula is C11H14ClNO5S. The molecule has 19 heavy (non-hydrogen) atoms. The summed E-state index contributed by atoms with van der Waals surface area (Å²) in [6.07, 6.45) is 0.753. The fourth-order valence-corrected chi connectivity index (χ4v) is 3.07. The Morgan fingerprint density at radius 1 is 1.53 bits per heavy atom. The minimum atomic E-state index is -3.91. The first kappa shape index (κ1) is 14.4. The summed E-state index contributed by atoms with van der Waals surface area (Å²) >= 11 is 0. The van der Waals surface area contributed by atoms with Crippen molar-refractivity contribution in [1.29, 1.82) is 0 Å². The van der Waals surface area contributed by atoms with Gasteiger partial charge in [-0.05, 0) is 13.3 Å². The van der Waals surface area contributed by atoms with E-state index in [1.165, 1.54) is 11.8 Å². The SMILES string of the molecule is Cc1oc(C(=O)N(C)C2CCOC2)cc1S(=O)(=O)Cl. The van der Waals surface area contributed by atoms with Crippen molar-refractivity contribution in [3.8, 4) is 0 Å². The van der Waals surface area contributed by atoms with Crippen molar-refractivity contribution in [1.82, 2.24) is 4.90 Å². The summed E-state index contributed by atoms with van der Waals surface area (Å²) in [7, 11) is 2.98. The van der Waals surface area contributed by atoms with Crippen LogP contribution in [0.2, 0.25) is 0 Å². The molecule has 0 bridgehead atoms. The zero-order chi connectivity index (χ0) is 14.2. The average Bonchev–Trinajstić information content (AvgIpc) is 2.94. The Labute approximate surface area is 115 Å². The first-order valence-electron chi connectivity index (χ1n) is 5.70. The second kappa shape index (κ2) is 5.15. The van der Waals surface area contributed by atoms with Gasteiger partial charge in [-0.2, -0.15) is 0 Å². The van der Waals surface area contributed by atoms with Crippen molar-refractivity contribution in [2.24, 2.45) is 0 Å². The predicted octanol–water partition coefficient (Wildman–Crippen LogP) is 1.38. The maximum absolute atomic E-state index is 12.2. The van der Waals surface area contributed by atoms with Crippen LogP contribution in [-0.4, -0.2) is 45.5 Å². The van der Waals surface area contributed by atoms with Crippen molar-refractivity contribution in [2.45, 2.75) is 24.3 Å². The van der Waals surface area contributed by atoms with Crippen LogP contribution in [0.4, 0.5) is 0 Å². The summed E-state index contributed by atoms with van der Waals surface area (Å²) in [6, 6.07) is 1.14. The smallest absolute Gasteiger partial charge is 0.289 e. The van der Waals surface area contributed by atoms with Crippen LogP contribution in [0.15, 0.2) is 15.4 Å². The Kier molecular flexibility index (Phi) is 3.89. The Morgan fingerprint density at radius 3 is 2.68 bits per heavy atom. The fourth-order valence-electron chi connectivity index (χ4n) is 1.98. The Bertz CT molecular complexity index is 588. The lowest BCUT2D eigenvalue weighted by Crippen LogP contribution is -2.37. The van der Waals surface area contributed by atoms with Crippen LogP contribution in [-0.2, 0) is 13.8 Å². The van der Waals surface area contributed by atoms with E-state index in [4.69, 9.17) is 19.8 Å². The molecule has 1 aromatic rings. The lowest BCUT2D eigenvalue weighted by atomic mass is 10.2. The van der Waals surface area contributed by atoms with Crippen LogP contribution < -0.4 is 0 Å². The van der Waals surface area contributed by atoms with Crippen LogP contribution in [0, 0.1) is 6.92 Å². The molecule has 1 saturated heterocycles. The minimum Gasteiger partial charge on any atom is -0.455 e. The molecule has 0 saturated carbocycles. The van der Waals surface area contributed by atoms with Crippen molar-refractivity contribution in [3.05, 3.63) is 17.6 Å². The van der Waals surface area contributed by atoms with E-state index < -0.39 is 9.05 Å². The number of furan rings is 1. The zero-order valence-electron chi connectivity index (χ0n) is 10.6. The molecule has 2 rings (SSSR count).